The minimum atomic E-state index is -3.70. The van der Waals surface area contributed by atoms with Crippen molar-refractivity contribution in [3.63, 3.8) is 0 Å². The van der Waals surface area contributed by atoms with Gasteiger partial charge in [-0.3, -0.25) is 4.72 Å². The first-order chi connectivity index (χ1) is 14.0. The van der Waals surface area contributed by atoms with Gasteiger partial charge in [-0.2, -0.15) is 0 Å². The lowest BCUT2D eigenvalue weighted by Crippen LogP contribution is -2.12. The van der Waals surface area contributed by atoms with Gasteiger partial charge in [-0.05, 0) is 60.4 Å². The van der Waals surface area contributed by atoms with Gasteiger partial charge in [-0.15, -0.1) is 11.3 Å². The van der Waals surface area contributed by atoms with Crippen molar-refractivity contribution in [2.45, 2.75) is 16.2 Å². The Morgan fingerprint density at radius 3 is 2.45 bits per heavy atom. The largest absolute Gasteiger partial charge is 0.457 e. The number of nitrogens with one attached hydrogen (secondary N) is 1. The van der Waals surface area contributed by atoms with Gasteiger partial charge >= 0.3 is 0 Å². The lowest BCUT2D eigenvalue weighted by molar-refractivity contribution is 0.483. The van der Waals surface area contributed by atoms with E-state index < -0.39 is 10.0 Å². The van der Waals surface area contributed by atoms with E-state index in [1.54, 1.807) is 54.2 Å². The van der Waals surface area contributed by atoms with Gasteiger partial charge in [0.05, 0.1) is 15.1 Å². The first-order valence-corrected chi connectivity index (χ1v) is 12.2. The average Bonchev–Trinajstić information content (AvgIpc) is 3.12. The predicted octanol–water partition coefficient (Wildman–Crippen LogP) is 6.00. The summed E-state index contributed by atoms with van der Waals surface area (Å²) < 4.78 is 35.7. The molecule has 1 N–H and O–H groups in total. The van der Waals surface area contributed by atoms with Crippen LogP contribution in [-0.2, 0) is 10.0 Å². The van der Waals surface area contributed by atoms with Crippen LogP contribution < -0.4 is 9.46 Å². The number of para-hydroxylation sites is 1. The summed E-state index contributed by atoms with van der Waals surface area (Å²) in [5, 5.41) is 0. The Labute approximate surface area is 177 Å². The number of hydrogen-bond acceptors (Lipinski definition) is 6. The number of benzene rings is 3. The zero-order chi connectivity index (χ0) is 20.3. The van der Waals surface area contributed by atoms with E-state index in [1.165, 1.54) is 11.3 Å². The molecule has 1 aromatic heterocycles. The average molecular weight is 443 g/mol. The van der Waals surface area contributed by atoms with Crippen molar-refractivity contribution in [2.75, 3.05) is 10.5 Å². The Morgan fingerprint density at radius 1 is 1.00 bits per heavy atom. The quantitative estimate of drug-likeness (QED) is 0.355. The fourth-order valence-electron chi connectivity index (χ4n) is 2.67. The first-order valence-electron chi connectivity index (χ1n) is 8.93. The van der Waals surface area contributed by atoms with Gasteiger partial charge in [0.2, 0.25) is 0 Å². The Balaban J connectivity index is 1.51. The van der Waals surface area contributed by atoms with Crippen molar-refractivity contribution in [3.05, 3.63) is 72.8 Å². The van der Waals surface area contributed by atoms with Crippen LogP contribution in [0, 0.1) is 0 Å². The highest BCUT2D eigenvalue weighted by Gasteiger charge is 2.16. The number of aromatic nitrogens is 1. The summed E-state index contributed by atoms with van der Waals surface area (Å²) in [7, 11) is -3.70. The number of sulfonamides is 1. The normalized spacial score (nSPS) is 11.5. The number of fused-ring (bicyclic) bond motifs is 1. The highest BCUT2D eigenvalue weighted by molar-refractivity contribution is 8.01. The number of thioether (sulfide) groups is 1. The van der Waals surface area contributed by atoms with Gasteiger partial charge in [0.25, 0.3) is 10.0 Å². The number of anilines is 1. The van der Waals surface area contributed by atoms with Crippen molar-refractivity contribution in [1.82, 2.24) is 4.98 Å². The number of rotatable bonds is 7. The summed E-state index contributed by atoms with van der Waals surface area (Å²) in [6.07, 6.45) is 0. The Hall–Kier alpha value is -2.55. The molecule has 8 heteroatoms. The lowest BCUT2D eigenvalue weighted by Gasteiger charge is -2.10. The van der Waals surface area contributed by atoms with Crippen LogP contribution >= 0.6 is 23.1 Å². The van der Waals surface area contributed by atoms with Crippen LogP contribution in [0.25, 0.3) is 10.2 Å². The fraction of sp³-hybridized carbons (Fsp3) is 0.0952. The van der Waals surface area contributed by atoms with Crippen molar-refractivity contribution < 1.29 is 13.2 Å². The second kappa shape index (κ2) is 8.44. The minimum Gasteiger partial charge on any atom is -0.457 e. The van der Waals surface area contributed by atoms with E-state index in [2.05, 4.69) is 16.6 Å². The van der Waals surface area contributed by atoms with Crippen LogP contribution in [0.15, 0.2) is 82.0 Å². The zero-order valence-electron chi connectivity index (χ0n) is 15.5. The van der Waals surface area contributed by atoms with Crippen molar-refractivity contribution in [1.29, 1.82) is 0 Å². The van der Waals surface area contributed by atoms with Crippen LogP contribution in [0.1, 0.15) is 6.92 Å². The van der Waals surface area contributed by atoms with E-state index in [-0.39, 0.29) is 4.90 Å². The molecule has 4 rings (SSSR count). The van der Waals surface area contributed by atoms with Crippen molar-refractivity contribution in [3.8, 4) is 11.5 Å². The third-order valence-electron chi connectivity index (χ3n) is 4.00. The van der Waals surface area contributed by atoms with Crippen LogP contribution in [0.2, 0.25) is 0 Å². The molecule has 148 valence electrons. The van der Waals surface area contributed by atoms with E-state index >= 15 is 0 Å². The van der Waals surface area contributed by atoms with Gasteiger partial charge in [0.1, 0.15) is 11.5 Å². The third kappa shape index (κ3) is 4.72. The van der Waals surface area contributed by atoms with Gasteiger partial charge < -0.3 is 4.74 Å². The van der Waals surface area contributed by atoms with Crippen LogP contribution in [0.3, 0.4) is 0 Å². The van der Waals surface area contributed by atoms with E-state index in [0.29, 0.717) is 11.4 Å². The van der Waals surface area contributed by atoms with Crippen LogP contribution in [0.5, 0.6) is 11.5 Å². The zero-order valence-corrected chi connectivity index (χ0v) is 18.0. The number of thiazole rings is 1. The molecular weight excluding hydrogens is 424 g/mol. The maximum atomic E-state index is 12.8. The van der Waals surface area contributed by atoms with Gasteiger partial charge in [0, 0.05) is 5.69 Å². The molecule has 1 heterocycles. The number of ether oxygens (including phenoxy) is 1. The molecule has 3 aromatic carbocycles. The van der Waals surface area contributed by atoms with E-state index in [1.807, 2.05) is 30.3 Å². The van der Waals surface area contributed by atoms with E-state index in [9.17, 15) is 8.42 Å². The molecule has 29 heavy (non-hydrogen) atoms. The first kappa shape index (κ1) is 19.8. The van der Waals surface area contributed by atoms with Crippen LogP contribution in [-0.4, -0.2) is 19.2 Å². The van der Waals surface area contributed by atoms with Gasteiger partial charge in [-0.1, -0.05) is 36.9 Å². The van der Waals surface area contributed by atoms with Gasteiger partial charge in [-0.25, -0.2) is 13.4 Å². The molecule has 0 aliphatic carbocycles. The number of nitrogens with zero attached hydrogens (tertiary/aromatic N) is 1. The standard InChI is InChI=1S/C21H18N2O3S3/c1-2-27-21-22-19-13-12-18(14-20(19)28-21)29(24,25)23-15-8-10-17(11-9-15)26-16-6-4-3-5-7-16/h3-14,23H,2H2,1H3. The molecule has 4 aromatic rings. The molecule has 0 amide bonds. The van der Waals surface area contributed by atoms with Crippen molar-refractivity contribution in [2.24, 2.45) is 0 Å². The third-order valence-corrected chi connectivity index (χ3v) is 7.43. The summed E-state index contributed by atoms with van der Waals surface area (Å²) in [6, 6.07) is 21.2. The summed E-state index contributed by atoms with van der Waals surface area (Å²) in [5.41, 5.74) is 1.28. The van der Waals surface area contributed by atoms with E-state index in [0.717, 1.165) is 26.1 Å². The minimum absolute atomic E-state index is 0.214. The Bertz CT molecular complexity index is 1220. The Kier molecular flexibility index (Phi) is 5.75. The highest BCUT2D eigenvalue weighted by atomic mass is 32.2. The van der Waals surface area contributed by atoms with Gasteiger partial charge in [0.15, 0.2) is 4.34 Å². The molecule has 0 saturated heterocycles. The smallest absolute Gasteiger partial charge is 0.261 e. The molecule has 5 nitrogen and oxygen atoms in total. The SMILES string of the molecule is CCSc1nc2ccc(S(=O)(=O)Nc3ccc(Oc4ccccc4)cc3)cc2s1. The molecule has 0 saturated carbocycles. The predicted molar refractivity (Wildman–Crippen MR) is 120 cm³/mol. The Morgan fingerprint density at radius 2 is 1.72 bits per heavy atom. The molecule has 0 unspecified atom stereocenters. The molecule has 0 spiro atoms. The molecule has 0 aliphatic heterocycles. The monoisotopic (exact) mass is 442 g/mol. The summed E-state index contributed by atoms with van der Waals surface area (Å²) in [5.74, 6) is 2.28. The maximum absolute atomic E-state index is 12.8. The highest BCUT2D eigenvalue weighted by Crippen LogP contribution is 2.31. The summed E-state index contributed by atoms with van der Waals surface area (Å²) in [4.78, 5) is 4.72. The second-order valence-electron chi connectivity index (χ2n) is 6.09. The van der Waals surface area contributed by atoms with Crippen LogP contribution in [0.4, 0.5) is 5.69 Å². The molecular formula is C21H18N2O3S3. The van der Waals surface area contributed by atoms with Crippen molar-refractivity contribution >= 4 is 49.0 Å². The lowest BCUT2D eigenvalue weighted by atomic mass is 10.3. The molecule has 0 fully saturated rings. The second-order valence-corrected chi connectivity index (χ2v) is 10.3. The number of hydrogen-bond donors (Lipinski definition) is 1. The summed E-state index contributed by atoms with van der Waals surface area (Å²) in [6.45, 7) is 2.06. The molecule has 0 aliphatic rings. The molecule has 0 bridgehead atoms. The fourth-order valence-corrected chi connectivity index (χ4v) is 5.83. The molecule has 0 radical (unpaired) electrons. The maximum Gasteiger partial charge on any atom is 0.261 e. The summed E-state index contributed by atoms with van der Waals surface area (Å²) >= 11 is 3.15. The van der Waals surface area contributed by atoms with E-state index in [4.69, 9.17) is 4.74 Å². The topological polar surface area (TPSA) is 68.3 Å². The molecule has 0 atom stereocenters.